The van der Waals surface area contributed by atoms with E-state index < -0.39 is 11.9 Å². The molecule has 0 bridgehead atoms. The fourth-order valence-corrected chi connectivity index (χ4v) is 12.2. The van der Waals surface area contributed by atoms with Crippen molar-refractivity contribution in [1.82, 2.24) is 14.0 Å². The molecule has 0 radical (unpaired) electrons. The first-order chi connectivity index (χ1) is 16.3. The molecule has 35 heavy (non-hydrogen) atoms. The zero-order valence-electron chi connectivity index (χ0n) is 20.6. The molecule has 0 unspecified atom stereocenters. The summed E-state index contributed by atoms with van der Waals surface area (Å²) < 4.78 is 8.54. The number of carbonyl (C=O) groups is 1. The Kier molecular flexibility index (Phi) is 7.88. The van der Waals surface area contributed by atoms with Crippen molar-refractivity contribution in [3.63, 3.8) is 0 Å². The van der Waals surface area contributed by atoms with Crippen LogP contribution < -0.4 is 0 Å². The molecule has 0 spiro atoms. The Morgan fingerprint density at radius 2 is 1.20 bits per heavy atom. The molecule has 3 aromatic rings. The van der Waals surface area contributed by atoms with Gasteiger partial charge in [0.1, 0.15) is 0 Å². The van der Waals surface area contributed by atoms with Crippen LogP contribution in [0.1, 0.15) is 46.2 Å². The van der Waals surface area contributed by atoms with Crippen molar-refractivity contribution >= 4 is 61.9 Å². The van der Waals surface area contributed by atoms with Crippen molar-refractivity contribution < 1.29 is 16.7 Å². The minimum absolute atomic E-state index is 0.0738. The van der Waals surface area contributed by atoms with Crippen molar-refractivity contribution in [1.29, 1.82) is 0 Å². The number of likely N-dealkylation sites (tertiary alicyclic amines) is 1. The number of amides is 1. The summed E-state index contributed by atoms with van der Waals surface area (Å²) in [5.74, 6) is 0.0738. The fourth-order valence-electron chi connectivity index (χ4n) is 5.02. The topological polar surface area (TPSA) is 30.2 Å². The molecular weight excluding hydrogens is 702 g/mol. The third-order valence-corrected chi connectivity index (χ3v) is 13.3. The normalized spacial score (nSPS) is 14.7. The zero-order valence-corrected chi connectivity index (χ0v) is 27.0. The minimum atomic E-state index is -3.80. The first-order valence-corrected chi connectivity index (χ1v) is 19.2. The third-order valence-electron chi connectivity index (χ3n) is 6.18. The van der Waals surface area contributed by atoms with Crippen LogP contribution in [0, 0.1) is 45.6 Å². The number of rotatable bonds is 3. The quantitative estimate of drug-likeness (QED) is 0.251. The Bertz CT molecular complexity index is 1410. The number of benzene rings is 2. The van der Waals surface area contributed by atoms with Gasteiger partial charge in [-0.3, -0.25) is 0 Å². The molecule has 190 valence electrons. The number of imidazole rings is 1. The summed E-state index contributed by atoms with van der Waals surface area (Å²) >= 11 is 3.93. The average Bonchev–Trinajstić information content (AvgIpc) is 3.23. The predicted octanol–water partition coefficient (Wildman–Crippen LogP) is 8.02. The number of aromatic nitrogens is 2. The number of carbonyl (C=O) groups excluding carboxylic acids is 1. The SMILES string of the molecule is Cc1cc(C)c(-n2c(Br)c(Br)n(-c3c(C)cc(C)cc3C)[c]2=[Ru]([Cl])([Cl])=[CH]N2CCCC2=O)c(C)c1. The van der Waals surface area contributed by atoms with Crippen LogP contribution in [0.2, 0.25) is 0 Å². The van der Waals surface area contributed by atoms with Gasteiger partial charge < -0.3 is 0 Å². The Balaban J connectivity index is 2.30. The zero-order chi connectivity index (χ0) is 25.8. The molecule has 1 amide bonds. The number of hydrogen-bond acceptors (Lipinski definition) is 1. The molecule has 0 aliphatic carbocycles. The Morgan fingerprint density at radius 3 is 1.54 bits per heavy atom. The van der Waals surface area contributed by atoms with E-state index in [1.165, 1.54) is 11.1 Å². The van der Waals surface area contributed by atoms with Gasteiger partial charge >= 0.3 is 236 Å². The summed E-state index contributed by atoms with van der Waals surface area (Å²) in [6.45, 7) is 13.3. The standard InChI is InChI=1S/C21H22Br2N2.C5H7NO.2ClH.Ru/c1-12-7-14(3)18(15(4)8-12)24-11-25(21(23)20(24)22)19-16(5)9-13(2)10-17(19)6;1-6-4-2-3-5(6)7;;;/h7-10H,1-6H3;1H,2-4H2;2*1H;/q;;;;+2/p-2. The van der Waals surface area contributed by atoms with Gasteiger partial charge in [-0.1, -0.05) is 0 Å². The van der Waals surface area contributed by atoms with Crippen molar-refractivity contribution in [2.24, 2.45) is 0 Å². The van der Waals surface area contributed by atoms with Gasteiger partial charge in [0.2, 0.25) is 0 Å². The van der Waals surface area contributed by atoms with E-state index in [0.717, 1.165) is 53.3 Å². The van der Waals surface area contributed by atoms with Gasteiger partial charge in [-0.15, -0.1) is 0 Å². The van der Waals surface area contributed by atoms with E-state index in [9.17, 15) is 4.79 Å². The molecule has 2 aromatic carbocycles. The van der Waals surface area contributed by atoms with Crippen LogP contribution in [0.4, 0.5) is 0 Å². The van der Waals surface area contributed by atoms with E-state index in [1.54, 1.807) is 4.90 Å². The molecule has 1 aromatic heterocycles. The Hall–Kier alpha value is -0.847. The van der Waals surface area contributed by atoms with Gasteiger partial charge in [-0.2, -0.15) is 0 Å². The molecule has 2 heterocycles. The molecule has 1 fully saturated rings. The van der Waals surface area contributed by atoms with Crippen molar-refractivity contribution in [2.75, 3.05) is 6.54 Å². The summed E-state index contributed by atoms with van der Waals surface area (Å²) in [4.78, 5) is 14.3. The average molecular weight is 731 g/mol. The van der Waals surface area contributed by atoms with E-state index in [0.29, 0.717) is 13.0 Å². The molecule has 0 saturated carbocycles. The number of nitrogens with zero attached hydrogens (tertiary/aromatic N) is 3. The Morgan fingerprint density at radius 1 is 0.800 bits per heavy atom. The summed E-state index contributed by atoms with van der Waals surface area (Å²) in [7, 11) is 14.8. The molecule has 1 aliphatic heterocycles. The third kappa shape index (κ3) is 5.01. The van der Waals surface area contributed by atoms with Crippen LogP contribution in [0.25, 0.3) is 11.4 Å². The number of halogens is 4. The monoisotopic (exact) mass is 729 g/mol. The number of aryl methyl sites for hydroxylation is 6. The maximum atomic E-state index is 12.5. The van der Waals surface area contributed by atoms with Crippen molar-refractivity contribution in [2.45, 2.75) is 54.4 Å². The van der Waals surface area contributed by atoms with Crippen LogP contribution in [0.15, 0.2) is 33.5 Å². The molecule has 9 heteroatoms. The van der Waals surface area contributed by atoms with E-state index in [4.69, 9.17) is 19.4 Å². The van der Waals surface area contributed by atoms with Crippen LogP contribution in [-0.4, -0.2) is 31.2 Å². The number of hydrogen-bond donors (Lipinski definition) is 0. The molecule has 4 nitrogen and oxygen atoms in total. The van der Waals surface area contributed by atoms with Crippen LogP contribution in [0.3, 0.4) is 0 Å². The fraction of sp³-hybridized carbons (Fsp3) is 0.346. The second-order valence-corrected chi connectivity index (χ2v) is 19.9. The summed E-state index contributed by atoms with van der Waals surface area (Å²) in [6, 6.07) is 8.67. The van der Waals surface area contributed by atoms with Gasteiger partial charge in [0, 0.05) is 0 Å². The van der Waals surface area contributed by atoms with Crippen molar-refractivity contribution in [3.8, 4) is 11.4 Å². The van der Waals surface area contributed by atoms with Gasteiger partial charge in [0.15, 0.2) is 0 Å². The van der Waals surface area contributed by atoms with Gasteiger partial charge in [-0.05, 0) is 0 Å². The maximum absolute atomic E-state index is 12.5. The predicted molar refractivity (Wildman–Crippen MR) is 151 cm³/mol. The van der Waals surface area contributed by atoms with E-state index in [2.05, 4.69) is 107 Å². The van der Waals surface area contributed by atoms with Crippen LogP contribution in [0.5, 0.6) is 0 Å². The first-order valence-electron chi connectivity index (χ1n) is 11.3. The molecular formula is C26H29Br2Cl2N3ORu. The summed E-state index contributed by atoms with van der Waals surface area (Å²) in [5, 5.41) is 0. The van der Waals surface area contributed by atoms with Crippen LogP contribution >= 0.6 is 51.2 Å². The van der Waals surface area contributed by atoms with Gasteiger partial charge in [-0.25, -0.2) is 0 Å². The van der Waals surface area contributed by atoms with Crippen molar-refractivity contribution in [3.05, 3.63) is 70.9 Å². The molecule has 0 N–H and O–H groups in total. The summed E-state index contributed by atoms with van der Waals surface area (Å²) in [6.07, 6.45) is 1.35. The second-order valence-electron chi connectivity index (χ2n) is 9.23. The van der Waals surface area contributed by atoms with E-state index in [-0.39, 0.29) is 5.91 Å². The summed E-state index contributed by atoms with van der Waals surface area (Å²) in [5.41, 5.74) is 8.95. The molecule has 4 rings (SSSR count). The van der Waals surface area contributed by atoms with E-state index >= 15 is 0 Å². The molecule has 0 atom stereocenters. The Labute approximate surface area is 234 Å². The first kappa shape index (κ1) is 27.2. The van der Waals surface area contributed by atoms with E-state index in [1.807, 2.05) is 4.73 Å². The second kappa shape index (κ2) is 10.1. The molecule has 1 aliphatic rings. The van der Waals surface area contributed by atoms with Crippen LogP contribution in [-0.2, 0) is 16.7 Å². The van der Waals surface area contributed by atoms with Gasteiger partial charge in [0.25, 0.3) is 0 Å². The van der Waals surface area contributed by atoms with Gasteiger partial charge in [0.05, 0.1) is 0 Å². The molecule has 1 saturated heterocycles.